The van der Waals surface area contributed by atoms with Crippen molar-refractivity contribution in [2.75, 3.05) is 7.05 Å². The van der Waals surface area contributed by atoms with E-state index < -0.39 is 17.9 Å². The van der Waals surface area contributed by atoms with E-state index in [1.165, 1.54) is 19.2 Å². The first-order valence-electron chi connectivity index (χ1n) is 4.96. The summed E-state index contributed by atoms with van der Waals surface area (Å²) in [5, 5.41) is 18.1. The molecule has 1 rings (SSSR count). The molecule has 0 radical (unpaired) electrons. The lowest BCUT2D eigenvalue weighted by atomic mass is 10.0. The van der Waals surface area contributed by atoms with Crippen molar-refractivity contribution in [3.05, 3.63) is 35.4 Å². The topological polar surface area (TPSA) is 104 Å². The molecule has 0 aliphatic heterocycles. The lowest BCUT2D eigenvalue weighted by molar-refractivity contribution is -0.138. The molecule has 1 aromatic rings. The molecule has 17 heavy (non-hydrogen) atoms. The molecule has 92 valence electrons. The van der Waals surface area contributed by atoms with E-state index in [2.05, 4.69) is 0 Å². The van der Waals surface area contributed by atoms with Crippen molar-refractivity contribution in [3.63, 3.8) is 0 Å². The normalized spacial score (nSPS) is 11.9. The summed E-state index contributed by atoms with van der Waals surface area (Å²) in [4.78, 5) is 21.9. The second kappa shape index (κ2) is 5.42. The van der Waals surface area contributed by atoms with Gasteiger partial charge in [-0.2, -0.15) is 0 Å². The fourth-order valence-corrected chi connectivity index (χ4v) is 1.31. The molecule has 4 N–H and O–H groups in total. The van der Waals surface area contributed by atoms with Crippen molar-refractivity contribution in [1.29, 1.82) is 0 Å². The number of carbonyl (C=O) groups is 2. The minimum atomic E-state index is -1.07. The molecule has 1 aromatic carbocycles. The maximum atomic E-state index is 11.3. The van der Waals surface area contributed by atoms with Crippen LogP contribution in [0.4, 0.5) is 0 Å². The van der Waals surface area contributed by atoms with E-state index in [1.54, 1.807) is 12.1 Å². The zero-order chi connectivity index (χ0) is 13.0. The average Bonchev–Trinajstić information content (AvgIpc) is 2.28. The van der Waals surface area contributed by atoms with Gasteiger partial charge in [0.05, 0.1) is 0 Å². The van der Waals surface area contributed by atoms with Crippen LogP contribution < -0.4 is 5.73 Å². The van der Waals surface area contributed by atoms with Crippen LogP contribution in [0.25, 0.3) is 0 Å². The maximum Gasteiger partial charge on any atom is 0.320 e. The molecule has 0 saturated carbocycles. The first-order valence-corrected chi connectivity index (χ1v) is 4.96. The number of hydrogen-bond acceptors (Lipinski definition) is 4. The Morgan fingerprint density at radius 3 is 2.29 bits per heavy atom. The van der Waals surface area contributed by atoms with E-state index in [4.69, 9.17) is 16.0 Å². The first kappa shape index (κ1) is 13.1. The second-order valence-corrected chi connectivity index (χ2v) is 3.67. The molecular weight excluding hydrogens is 224 g/mol. The third-order valence-electron chi connectivity index (χ3n) is 2.27. The van der Waals surface area contributed by atoms with Gasteiger partial charge in [-0.05, 0) is 24.1 Å². The van der Waals surface area contributed by atoms with E-state index in [0.717, 1.165) is 5.56 Å². The Morgan fingerprint density at radius 1 is 1.35 bits per heavy atom. The van der Waals surface area contributed by atoms with Gasteiger partial charge in [0, 0.05) is 12.6 Å². The lowest BCUT2D eigenvalue weighted by Gasteiger charge is -2.09. The van der Waals surface area contributed by atoms with Gasteiger partial charge in [0.2, 0.25) is 0 Å². The van der Waals surface area contributed by atoms with Gasteiger partial charge in [0.25, 0.3) is 5.91 Å². The van der Waals surface area contributed by atoms with Gasteiger partial charge in [-0.15, -0.1) is 0 Å². The number of carbonyl (C=O) groups excluding carboxylic acids is 1. The predicted octanol–water partition coefficient (Wildman–Crippen LogP) is 0.102. The molecule has 0 aliphatic rings. The van der Waals surface area contributed by atoms with E-state index >= 15 is 0 Å². The number of hydrogen-bond donors (Lipinski definition) is 3. The minimum Gasteiger partial charge on any atom is -0.480 e. The fourth-order valence-electron chi connectivity index (χ4n) is 1.31. The summed E-state index contributed by atoms with van der Waals surface area (Å²) in [5.74, 6) is -1.60. The Hall–Kier alpha value is -1.92. The van der Waals surface area contributed by atoms with Gasteiger partial charge in [-0.25, -0.2) is 5.06 Å². The Kier molecular flexibility index (Phi) is 4.19. The standard InChI is InChI=1S/C11H14N2O4/c1-13(17)10(14)8-4-2-7(3-5-8)6-9(12)11(15)16/h2-5,9,17H,6,12H2,1H3,(H,15,16)/t9-/m0/s1. The van der Waals surface area contributed by atoms with Crippen LogP contribution in [0, 0.1) is 0 Å². The third-order valence-corrected chi connectivity index (χ3v) is 2.27. The van der Waals surface area contributed by atoms with Gasteiger partial charge < -0.3 is 10.8 Å². The summed E-state index contributed by atoms with van der Waals surface area (Å²) in [7, 11) is 1.23. The van der Waals surface area contributed by atoms with E-state index in [-0.39, 0.29) is 6.42 Å². The zero-order valence-electron chi connectivity index (χ0n) is 9.33. The van der Waals surface area contributed by atoms with Gasteiger partial charge in [0.15, 0.2) is 0 Å². The molecule has 0 spiro atoms. The van der Waals surface area contributed by atoms with Crippen LogP contribution in [0.1, 0.15) is 15.9 Å². The lowest BCUT2D eigenvalue weighted by Crippen LogP contribution is -2.32. The Labute approximate surface area is 98.2 Å². The smallest absolute Gasteiger partial charge is 0.320 e. The Balaban J connectivity index is 2.75. The monoisotopic (exact) mass is 238 g/mol. The number of nitrogens with zero attached hydrogens (tertiary/aromatic N) is 1. The molecule has 1 atom stereocenters. The Morgan fingerprint density at radius 2 is 1.88 bits per heavy atom. The quantitative estimate of drug-likeness (QED) is 0.510. The number of nitrogens with two attached hydrogens (primary N) is 1. The van der Waals surface area contributed by atoms with E-state index in [1.807, 2.05) is 0 Å². The molecule has 0 aliphatic carbocycles. The fraction of sp³-hybridized carbons (Fsp3) is 0.273. The van der Waals surface area contributed by atoms with Crippen LogP contribution in [0.15, 0.2) is 24.3 Å². The number of amides is 1. The highest BCUT2D eigenvalue weighted by molar-refractivity contribution is 5.93. The largest absolute Gasteiger partial charge is 0.480 e. The molecule has 0 fully saturated rings. The van der Waals surface area contributed by atoms with Crippen molar-refractivity contribution >= 4 is 11.9 Å². The maximum absolute atomic E-state index is 11.3. The average molecular weight is 238 g/mol. The molecule has 0 saturated heterocycles. The van der Waals surface area contributed by atoms with Crippen LogP contribution in [0.3, 0.4) is 0 Å². The summed E-state index contributed by atoms with van der Waals surface area (Å²) in [5.41, 5.74) is 6.42. The van der Waals surface area contributed by atoms with Crippen molar-refractivity contribution in [2.24, 2.45) is 5.73 Å². The van der Waals surface area contributed by atoms with Crippen LogP contribution in [-0.2, 0) is 11.2 Å². The van der Waals surface area contributed by atoms with Gasteiger partial charge >= 0.3 is 5.97 Å². The summed E-state index contributed by atoms with van der Waals surface area (Å²) in [6, 6.07) is 5.29. The molecule has 0 bridgehead atoms. The molecule has 0 unspecified atom stereocenters. The molecule has 6 heteroatoms. The highest BCUT2D eigenvalue weighted by Gasteiger charge is 2.13. The second-order valence-electron chi connectivity index (χ2n) is 3.67. The summed E-state index contributed by atoms with van der Waals surface area (Å²) >= 11 is 0. The SMILES string of the molecule is CN(O)C(=O)c1ccc(C[C@H](N)C(=O)O)cc1. The van der Waals surface area contributed by atoms with Crippen molar-refractivity contribution < 1.29 is 19.9 Å². The van der Waals surface area contributed by atoms with Gasteiger partial charge in [-0.1, -0.05) is 12.1 Å². The zero-order valence-corrected chi connectivity index (χ0v) is 9.33. The number of benzene rings is 1. The minimum absolute atomic E-state index is 0.193. The summed E-state index contributed by atoms with van der Waals surface area (Å²) in [6.07, 6.45) is 0.193. The van der Waals surface area contributed by atoms with Crippen molar-refractivity contribution in [2.45, 2.75) is 12.5 Å². The van der Waals surface area contributed by atoms with Gasteiger partial charge in [0.1, 0.15) is 6.04 Å². The third kappa shape index (κ3) is 3.54. The highest BCUT2D eigenvalue weighted by Crippen LogP contribution is 2.08. The van der Waals surface area contributed by atoms with Crippen LogP contribution in [-0.4, -0.2) is 40.3 Å². The predicted molar refractivity (Wildman–Crippen MR) is 59.6 cm³/mol. The van der Waals surface area contributed by atoms with Crippen molar-refractivity contribution in [3.8, 4) is 0 Å². The molecule has 1 amide bonds. The van der Waals surface area contributed by atoms with Crippen molar-refractivity contribution in [1.82, 2.24) is 5.06 Å². The van der Waals surface area contributed by atoms with E-state index in [9.17, 15) is 9.59 Å². The van der Waals surface area contributed by atoms with Gasteiger partial charge in [-0.3, -0.25) is 14.8 Å². The number of aliphatic carboxylic acids is 1. The first-order chi connectivity index (χ1) is 7.91. The molecule has 0 aromatic heterocycles. The van der Waals surface area contributed by atoms with Crippen LogP contribution >= 0.6 is 0 Å². The Bertz CT molecular complexity index is 414. The number of carboxylic acid groups (broad SMARTS) is 1. The van der Waals surface area contributed by atoms with Crippen LogP contribution in [0.5, 0.6) is 0 Å². The molecule has 0 heterocycles. The van der Waals surface area contributed by atoms with Crippen LogP contribution in [0.2, 0.25) is 0 Å². The van der Waals surface area contributed by atoms with E-state index in [0.29, 0.717) is 10.6 Å². The summed E-state index contributed by atoms with van der Waals surface area (Å²) in [6.45, 7) is 0. The number of hydroxylamine groups is 2. The number of rotatable bonds is 4. The molecular formula is C11H14N2O4. The summed E-state index contributed by atoms with van der Waals surface area (Å²) < 4.78 is 0. The number of carboxylic acids is 1. The highest BCUT2D eigenvalue weighted by atomic mass is 16.5. The molecule has 6 nitrogen and oxygen atoms in total.